The number of benzene rings is 3. The number of para-hydroxylation sites is 1. The van der Waals surface area contributed by atoms with Gasteiger partial charge in [-0.2, -0.15) is 0 Å². The van der Waals surface area contributed by atoms with Crippen molar-refractivity contribution in [2.75, 3.05) is 7.11 Å². The maximum absolute atomic E-state index is 10.4. The first-order chi connectivity index (χ1) is 18.7. The van der Waals surface area contributed by atoms with Gasteiger partial charge in [0.2, 0.25) is 0 Å². The summed E-state index contributed by atoms with van der Waals surface area (Å²) >= 11 is 0. The van der Waals surface area contributed by atoms with Crippen molar-refractivity contribution in [3.05, 3.63) is 76.3 Å². The number of methoxy groups -OCH3 is 1. The van der Waals surface area contributed by atoms with Crippen LogP contribution in [0, 0.1) is 6.92 Å². The summed E-state index contributed by atoms with van der Waals surface area (Å²) < 4.78 is 5.02. The number of aromatic hydroxyl groups is 4. The van der Waals surface area contributed by atoms with Crippen LogP contribution in [0.2, 0.25) is 0 Å². The van der Waals surface area contributed by atoms with Gasteiger partial charge in [0.1, 0.15) is 17.2 Å². The summed E-state index contributed by atoms with van der Waals surface area (Å²) in [5.41, 5.74) is 4.86. The average Bonchev–Trinajstić information content (AvgIpc) is 2.85. The molecule has 228 valence electrons. The van der Waals surface area contributed by atoms with Crippen LogP contribution < -0.4 is 4.74 Å². The Morgan fingerprint density at radius 1 is 0.659 bits per heavy atom. The molecule has 0 atom stereocenters. The molecule has 0 aliphatic heterocycles. The van der Waals surface area contributed by atoms with E-state index in [4.69, 9.17) is 4.74 Å². The third kappa shape index (κ3) is 10.9. The fourth-order valence-corrected chi connectivity index (χ4v) is 4.35. The van der Waals surface area contributed by atoms with Crippen molar-refractivity contribution in [2.24, 2.45) is 0 Å². The van der Waals surface area contributed by atoms with Crippen molar-refractivity contribution in [1.82, 2.24) is 0 Å². The highest BCUT2D eigenvalue weighted by Crippen LogP contribution is 2.39. The van der Waals surface area contributed by atoms with Gasteiger partial charge >= 0.3 is 0 Å². The molecule has 4 N–H and O–H groups in total. The molecule has 0 bridgehead atoms. The smallest absolute Gasteiger partial charge is 0.160 e. The van der Waals surface area contributed by atoms with Gasteiger partial charge in [0, 0.05) is 5.56 Å². The minimum atomic E-state index is -0.136. The van der Waals surface area contributed by atoms with Gasteiger partial charge in [0.15, 0.2) is 11.5 Å². The Balaban J connectivity index is 0.000000311. The lowest BCUT2D eigenvalue weighted by atomic mass is 9.78. The molecule has 0 spiro atoms. The quantitative estimate of drug-likeness (QED) is 0.236. The molecule has 0 aliphatic carbocycles. The summed E-state index contributed by atoms with van der Waals surface area (Å²) in [7, 11) is 1.57. The predicted octanol–water partition coefficient (Wildman–Crippen LogP) is 9.43. The molecule has 0 radical (unpaired) electrons. The van der Waals surface area contributed by atoms with E-state index in [9.17, 15) is 20.4 Å². The summed E-state index contributed by atoms with van der Waals surface area (Å²) in [6, 6.07) is 14.4. The van der Waals surface area contributed by atoms with Crippen LogP contribution in [0.5, 0.6) is 28.7 Å². The summed E-state index contributed by atoms with van der Waals surface area (Å²) in [5.74, 6) is 1.75. The number of hydrogen-bond donors (Lipinski definition) is 4. The number of phenolic OH excluding ortho intramolecular Hbond substituents is 4. The summed E-state index contributed by atoms with van der Waals surface area (Å²) in [6.45, 7) is 23.0. The summed E-state index contributed by atoms with van der Waals surface area (Å²) in [5, 5.41) is 38.7. The Labute approximate surface area is 248 Å². The molecular weight excluding hydrogens is 512 g/mol. The Bertz CT molecular complexity index is 1220. The van der Waals surface area contributed by atoms with Crippen molar-refractivity contribution < 1.29 is 25.2 Å². The second kappa shape index (κ2) is 14.5. The van der Waals surface area contributed by atoms with Crippen LogP contribution in [0.1, 0.15) is 110 Å². The van der Waals surface area contributed by atoms with E-state index in [1.54, 1.807) is 19.2 Å². The van der Waals surface area contributed by atoms with Crippen LogP contribution in [-0.4, -0.2) is 27.5 Å². The van der Waals surface area contributed by atoms with Crippen LogP contribution in [0.3, 0.4) is 0 Å². The Morgan fingerprint density at radius 3 is 1.59 bits per heavy atom. The van der Waals surface area contributed by atoms with E-state index in [2.05, 4.69) is 67.5 Å². The van der Waals surface area contributed by atoms with E-state index in [1.807, 2.05) is 32.9 Å². The van der Waals surface area contributed by atoms with Gasteiger partial charge in [-0.25, -0.2) is 0 Å². The summed E-state index contributed by atoms with van der Waals surface area (Å²) in [4.78, 5) is 0. The standard InChI is InChI=1S/C15H24O.C11H16O2.C10H14O2/c1-10-8-11(14(2,3)4)13(16)12(9-10)15(5,6)7;1-3-4-6-9-7-5-8-10(13-2)11(9)12;1-10(2,3)8-6-7(11)4-5-9(8)12/h8-9,16H,1-7H3;5,7-8,12H,3-4,6H2,1-2H3;4-6,11-12H,1-3H3. The molecule has 3 rings (SSSR count). The minimum absolute atomic E-state index is 0.0178. The van der Waals surface area contributed by atoms with Gasteiger partial charge in [-0.15, -0.1) is 0 Å². The van der Waals surface area contributed by atoms with E-state index in [0.717, 1.165) is 41.5 Å². The number of hydrogen-bond acceptors (Lipinski definition) is 5. The van der Waals surface area contributed by atoms with Crippen LogP contribution in [0.25, 0.3) is 0 Å². The van der Waals surface area contributed by atoms with Crippen molar-refractivity contribution in [2.45, 2.75) is 112 Å². The largest absolute Gasteiger partial charge is 0.508 e. The molecule has 0 aromatic heterocycles. The van der Waals surface area contributed by atoms with Crippen LogP contribution in [0.4, 0.5) is 0 Å². The molecule has 3 aromatic carbocycles. The number of unbranched alkanes of at least 4 members (excludes halogenated alkanes) is 1. The zero-order valence-electron chi connectivity index (χ0n) is 27.4. The normalized spacial score (nSPS) is 11.6. The molecule has 0 saturated carbocycles. The maximum Gasteiger partial charge on any atom is 0.160 e. The third-order valence-corrected chi connectivity index (χ3v) is 6.76. The second-order valence-electron chi connectivity index (χ2n) is 13.7. The van der Waals surface area contributed by atoms with E-state index in [0.29, 0.717) is 17.2 Å². The molecular formula is C36H54O5. The van der Waals surface area contributed by atoms with E-state index >= 15 is 0 Å². The van der Waals surface area contributed by atoms with Gasteiger partial charge in [-0.3, -0.25) is 0 Å². The number of ether oxygens (including phenoxy) is 1. The minimum Gasteiger partial charge on any atom is -0.508 e. The van der Waals surface area contributed by atoms with E-state index in [1.165, 1.54) is 17.7 Å². The molecule has 5 heteroatoms. The van der Waals surface area contributed by atoms with Crippen LogP contribution >= 0.6 is 0 Å². The topological polar surface area (TPSA) is 90.2 Å². The highest BCUT2D eigenvalue weighted by Gasteiger charge is 2.25. The van der Waals surface area contributed by atoms with Crippen LogP contribution in [-0.2, 0) is 22.7 Å². The molecule has 0 fully saturated rings. The average molecular weight is 567 g/mol. The molecule has 41 heavy (non-hydrogen) atoms. The fraction of sp³-hybridized carbons (Fsp3) is 0.500. The molecule has 0 aliphatic rings. The molecule has 0 heterocycles. The van der Waals surface area contributed by atoms with Crippen molar-refractivity contribution in [3.8, 4) is 28.7 Å². The number of rotatable bonds is 4. The van der Waals surface area contributed by atoms with Gasteiger partial charge < -0.3 is 25.2 Å². The highest BCUT2D eigenvalue weighted by molar-refractivity contribution is 5.49. The first kappa shape index (κ1) is 35.7. The predicted molar refractivity (Wildman–Crippen MR) is 172 cm³/mol. The molecule has 0 saturated heterocycles. The lowest BCUT2D eigenvalue weighted by Gasteiger charge is -2.27. The summed E-state index contributed by atoms with van der Waals surface area (Å²) in [6.07, 6.45) is 3.15. The number of aryl methyl sites for hydroxylation is 2. The zero-order valence-corrected chi connectivity index (χ0v) is 27.4. The fourth-order valence-electron chi connectivity index (χ4n) is 4.35. The SMILES string of the molecule is CC(C)(C)c1cc(O)ccc1O.CCCCc1cccc(OC)c1O.Cc1cc(C(C)(C)C)c(O)c(C(C)(C)C)c1. The molecule has 3 aromatic rings. The monoisotopic (exact) mass is 566 g/mol. The third-order valence-electron chi connectivity index (χ3n) is 6.76. The van der Waals surface area contributed by atoms with Gasteiger partial charge in [-0.1, -0.05) is 105 Å². The molecule has 0 unspecified atom stereocenters. The van der Waals surface area contributed by atoms with Gasteiger partial charge in [0.05, 0.1) is 7.11 Å². The Kier molecular flexibility index (Phi) is 12.6. The van der Waals surface area contributed by atoms with Gasteiger partial charge in [-0.05, 0) is 77.0 Å². The number of phenols is 4. The van der Waals surface area contributed by atoms with Crippen molar-refractivity contribution in [1.29, 1.82) is 0 Å². The van der Waals surface area contributed by atoms with Crippen molar-refractivity contribution in [3.63, 3.8) is 0 Å². The zero-order chi connectivity index (χ0) is 31.8. The van der Waals surface area contributed by atoms with Crippen LogP contribution in [0.15, 0.2) is 48.5 Å². The molecule has 5 nitrogen and oxygen atoms in total. The highest BCUT2D eigenvalue weighted by atomic mass is 16.5. The second-order valence-corrected chi connectivity index (χ2v) is 13.7. The Morgan fingerprint density at radius 2 is 1.17 bits per heavy atom. The lowest BCUT2D eigenvalue weighted by molar-refractivity contribution is 0.370. The van der Waals surface area contributed by atoms with Gasteiger partial charge in [0.25, 0.3) is 0 Å². The Hall–Kier alpha value is -3.34. The van der Waals surface area contributed by atoms with E-state index in [-0.39, 0.29) is 27.7 Å². The first-order valence-electron chi connectivity index (χ1n) is 14.5. The molecule has 0 amide bonds. The first-order valence-corrected chi connectivity index (χ1v) is 14.5. The van der Waals surface area contributed by atoms with E-state index < -0.39 is 0 Å². The van der Waals surface area contributed by atoms with Crippen molar-refractivity contribution >= 4 is 0 Å². The lowest BCUT2D eigenvalue weighted by Crippen LogP contribution is -2.17. The maximum atomic E-state index is 10.4.